The summed E-state index contributed by atoms with van der Waals surface area (Å²) in [6.07, 6.45) is 5.45. The van der Waals surface area contributed by atoms with Gasteiger partial charge in [-0.05, 0) is 11.6 Å². The van der Waals surface area contributed by atoms with Gasteiger partial charge in [0.05, 0.1) is 5.39 Å². The molecular formula is C9H6Cl3N3. The Bertz CT molecular complexity index is 519. The van der Waals surface area contributed by atoms with E-state index in [9.17, 15) is 0 Å². The van der Waals surface area contributed by atoms with Crippen molar-refractivity contribution in [2.24, 2.45) is 0 Å². The summed E-state index contributed by atoms with van der Waals surface area (Å²) >= 11 is 17.2. The molecule has 0 saturated carbocycles. The zero-order chi connectivity index (χ0) is 10.8. The summed E-state index contributed by atoms with van der Waals surface area (Å²) in [4.78, 5) is 10.9. The Kier molecular flexibility index (Phi) is 3.14. The molecule has 0 aromatic carbocycles. The van der Waals surface area contributed by atoms with Crippen LogP contribution in [0.1, 0.15) is 5.56 Å². The molecule has 15 heavy (non-hydrogen) atoms. The fourth-order valence-electron chi connectivity index (χ4n) is 1.29. The molecule has 0 aliphatic rings. The number of H-pyrrole nitrogens is 1. The first-order chi connectivity index (χ1) is 7.22. The van der Waals surface area contributed by atoms with E-state index in [2.05, 4.69) is 15.0 Å². The molecule has 2 aromatic rings. The molecule has 3 nitrogen and oxygen atoms in total. The molecule has 0 atom stereocenters. The molecule has 0 unspecified atom stereocenters. The number of allylic oxidation sites excluding steroid dienone is 1. The first-order valence-electron chi connectivity index (χ1n) is 4.15. The molecule has 0 amide bonds. The maximum atomic E-state index is 5.97. The highest BCUT2D eigenvalue weighted by Crippen LogP contribution is 2.26. The highest BCUT2D eigenvalue weighted by molar-refractivity contribution is 6.36. The van der Waals surface area contributed by atoms with Gasteiger partial charge in [-0.25, -0.2) is 4.98 Å². The highest BCUT2D eigenvalue weighted by Gasteiger charge is 2.09. The van der Waals surface area contributed by atoms with E-state index in [1.807, 2.05) is 12.2 Å². The van der Waals surface area contributed by atoms with Crippen molar-refractivity contribution in [1.29, 1.82) is 0 Å². The summed E-state index contributed by atoms with van der Waals surface area (Å²) in [7, 11) is 0. The Morgan fingerprint density at radius 3 is 2.87 bits per heavy atom. The molecule has 0 bridgehead atoms. The molecule has 0 spiro atoms. The number of alkyl halides is 1. The van der Waals surface area contributed by atoms with Crippen LogP contribution < -0.4 is 0 Å². The van der Waals surface area contributed by atoms with Crippen LogP contribution in [-0.2, 0) is 0 Å². The molecule has 0 fully saturated rings. The van der Waals surface area contributed by atoms with Crippen molar-refractivity contribution >= 4 is 51.9 Å². The number of hydrogen-bond acceptors (Lipinski definition) is 2. The average Bonchev–Trinajstić information content (AvgIpc) is 2.58. The fourth-order valence-corrected chi connectivity index (χ4v) is 1.87. The molecule has 78 valence electrons. The van der Waals surface area contributed by atoms with Gasteiger partial charge in [0, 0.05) is 17.6 Å². The van der Waals surface area contributed by atoms with Crippen molar-refractivity contribution in [1.82, 2.24) is 15.0 Å². The first kappa shape index (κ1) is 10.7. The minimum absolute atomic E-state index is 0.127. The molecule has 1 N–H and O–H groups in total. The number of aromatic amines is 1. The van der Waals surface area contributed by atoms with E-state index in [1.165, 1.54) is 0 Å². The number of aromatic nitrogens is 3. The zero-order valence-corrected chi connectivity index (χ0v) is 9.74. The molecule has 0 aliphatic heterocycles. The van der Waals surface area contributed by atoms with Gasteiger partial charge in [0.25, 0.3) is 0 Å². The molecule has 0 radical (unpaired) electrons. The minimum Gasteiger partial charge on any atom is -0.345 e. The van der Waals surface area contributed by atoms with Crippen LogP contribution in [0, 0.1) is 0 Å². The average molecular weight is 263 g/mol. The van der Waals surface area contributed by atoms with E-state index in [4.69, 9.17) is 34.8 Å². The molecule has 0 saturated heterocycles. The molecule has 2 rings (SSSR count). The van der Waals surface area contributed by atoms with Gasteiger partial charge in [0.15, 0.2) is 0 Å². The van der Waals surface area contributed by atoms with Gasteiger partial charge in [0.1, 0.15) is 10.8 Å². The Morgan fingerprint density at radius 1 is 1.33 bits per heavy atom. The van der Waals surface area contributed by atoms with Crippen molar-refractivity contribution in [3.63, 3.8) is 0 Å². The van der Waals surface area contributed by atoms with Gasteiger partial charge < -0.3 is 4.98 Å². The third-order valence-corrected chi connectivity index (χ3v) is 2.50. The molecule has 0 aliphatic carbocycles. The maximum Gasteiger partial charge on any atom is 0.225 e. The summed E-state index contributed by atoms with van der Waals surface area (Å²) in [5.74, 6) is 0.443. The number of hydrogen-bond donors (Lipinski definition) is 1. The summed E-state index contributed by atoms with van der Waals surface area (Å²) in [5.41, 5.74) is 1.52. The van der Waals surface area contributed by atoms with Crippen LogP contribution in [0.5, 0.6) is 0 Å². The van der Waals surface area contributed by atoms with E-state index in [1.54, 1.807) is 6.20 Å². The van der Waals surface area contributed by atoms with Crippen molar-refractivity contribution < 1.29 is 0 Å². The van der Waals surface area contributed by atoms with Crippen molar-refractivity contribution in [2.45, 2.75) is 0 Å². The Balaban J connectivity index is 2.63. The predicted octanol–water partition coefficient (Wildman–Crippen LogP) is 3.52. The smallest absolute Gasteiger partial charge is 0.225 e. The van der Waals surface area contributed by atoms with Crippen LogP contribution in [0.25, 0.3) is 17.1 Å². The third kappa shape index (κ3) is 2.09. The molecule has 2 heterocycles. The Morgan fingerprint density at radius 2 is 2.13 bits per heavy atom. The van der Waals surface area contributed by atoms with Gasteiger partial charge in [-0.15, -0.1) is 11.6 Å². The molecule has 2 aromatic heterocycles. The van der Waals surface area contributed by atoms with Crippen LogP contribution >= 0.6 is 34.8 Å². The Hall–Kier alpha value is -0.770. The van der Waals surface area contributed by atoms with E-state index in [0.29, 0.717) is 16.7 Å². The lowest BCUT2D eigenvalue weighted by Gasteiger charge is -1.95. The molecule has 6 heteroatoms. The minimum atomic E-state index is 0.127. The predicted molar refractivity (Wildman–Crippen MR) is 63.7 cm³/mol. The van der Waals surface area contributed by atoms with Crippen LogP contribution in [-0.4, -0.2) is 20.8 Å². The van der Waals surface area contributed by atoms with Crippen molar-refractivity contribution in [2.75, 3.05) is 5.88 Å². The fraction of sp³-hybridized carbons (Fsp3) is 0.111. The normalized spacial score (nSPS) is 11.7. The van der Waals surface area contributed by atoms with E-state index >= 15 is 0 Å². The lowest BCUT2D eigenvalue weighted by atomic mass is 10.2. The number of rotatable bonds is 2. The number of nitrogens with zero attached hydrogens (tertiary/aromatic N) is 2. The molecular weight excluding hydrogens is 256 g/mol. The quantitative estimate of drug-likeness (QED) is 0.511. The van der Waals surface area contributed by atoms with Gasteiger partial charge in [-0.3, -0.25) is 0 Å². The summed E-state index contributed by atoms with van der Waals surface area (Å²) in [6, 6.07) is 0. The van der Waals surface area contributed by atoms with Gasteiger partial charge in [-0.2, -0.15) is 4.98 Å². The topological polar surface area (TPSA) is 41.6 Å². The van der Waals surface area contributed by atoms with E-state index in [0.717, 1.165) is 10.9 Å². The number of halogens is 3. The van der Waals surface area contributed by atoms with E-state index in [-0.39, 0.29) is 5.28 Å². The van der Waals surface area contributed by atoms with Crippen LogP contribution in [0.15, 0.2) is 12.3 Å². The van der Waals surface area contributed by atoms with Crippen molar-refractivity contribution in [3.8, 4) is 0 Å². The second-order valence-corrected chi connectivity index (χ2v) is 3.81. The largest absolute Gasteiger partial charge is 0.345 e. The number of nitrogens with one attached hydrogen (secondary N) is 1. The lowest BCUT2D eigenvalue weighted by Crippen LogP contribution is -1.85. The van der Waals surface area contributed by atoms with Crippen molar-refractivity contribution in [3.05, 3.63) is 28.3 Å². The monoisotopic (exact) mass is 261 g/mol. The first-order valence-corrected chi connectivity index (χ1v) is 5.44. The summed E-state index contributed by atoms with van der Waals surface area (Å²) < 4.78 is 0. The Labute approximate surface area is 101 Å². The van der Waals surface area contributed by atoms with E-state index < -0.39 is 0 Å². The van der Waals surface area contributed by atoms with Gasteiger partial charge in [0.2, 0.25) is 5.28 Å². The summed E-state index contributed by atoms with van der Waals surface area (Å²) in [6.45, 7) is 0. The second kappa shape index (κ2) is 4.39. The second-order valence-electron chi connectivity index (χ2n) is 2.81. The highest BCUT2D eigenvalue weighted by atomic mass is 35.5. The summed E-state index contributed by atoms with van der Waals surface area (Å²) in [5, 5.41) is 1.21. The zero-order valence-electron chi connectivity index (χ0n) is 7.47. The third-order valence-electron chi connectivity index (χ3n) is 1.88. The lowest BCUT2D eigenvalue weighted by molar-refractivity contribution is 1.20. The number of fused-ring (bicyclic) bond motifs is 1. The SMILES string of the molecule is ClCC=Cc1c[nH]c2nc(Cl)nc(Cl)c12. The maximum absolute atomic E-state index is 5.97. The van der Waals surface area contributed by atoms with Gasteiger partial charge >= 0.3 is 0 Å². The van der Waals surface area contributed by atoms with Crippen LogP contribution in [0.2, 0.25) is 10.4 Å². The van der Waals surface area contributed by atoms with Crippen LogP contribution in [0.4, 0.5) is 0 Å². The van der Waals surface area contributed by atoms with Gasteiger partial charge in [-0.1, -0.05) is 23.8 Å². The standard InChI is InChI=1S/C9H6Cl3N3/c10-3-1-2-5-4-13-8-6(5)7(11)14-9(12)15-8/h1-2,4H,3H2,(H,13,14,15). The van der Waals surface area contributed by atoms with Crippen LogP contribution in [0.3, 0.4) is 0 Å².